The van der Waals surface area contributed by atoms with Crippen LogP contribution in [0.15, 0.2) is 0 Å². The third-order valence-corrected chi connectivity index (χ3v) is 4.08. The van der Waals surface area contributed by atoms with E-state index in [1.54, 1.807) is 11.9 Å². The zero-order valence-electron chi connectivity index (χ0n) is 13.2. The van der Waals surface area contributed by atoms with Crippen molar-refractivity contribution in [2.24, 2.45) is 0 Å². The number of hydrogen-bond acceptors (Lipinski definition) is 4. The lowest BCUT2D eigenvalue weighted by atomic mass is 10.0. The predicted molar refractivity (Wildman–Crippen MR) is 79.3 cm³/mol. The Balaban J connectivity index is 2.47. The molecule has 0 aromatic rings. The quantitative estimate of drug-likeness (QED) is 0.719. The second kappa shape index (κ2) is 8.84. The standard InChI is InChI=1S/C14H27N3O4/c1-4-17-8-5-11(6-9-17)16(2)14(20)15-12(13(18)19)7-10-21-3/h11-12H,4-10H2,1-3H3,(H,15,20)(H,18,19). The van der Waals surface area contributed by atoms with Gasteiger partial charge < -0.3 is 25.0 Å². The molecule has 0 aromatic heterocycles. The molecule has 21 heavy (non-hydrogen) atoms. The maximum Gasteiger partial charge on any atom is 0.326 e. The summed E-state index contributed by atoms with van der Waals surface area (Å²) >= 11 is 0. The van der Waals surface area contributed by atoms with Gasteiger partial charge in [-0.2, -0.15) is 0 Å². The van der Waals surface area contributed by atoms with E-state index in [1.807, 2.05) is 0 Å². The average Bonchev–Trinajstić information content (AvgIpc) is 2.50. The molecule has 1 unspecified atom stereocenters. The highest BCUT2D eigenvalue weighted by Crippen LogP contribution is 2.15. The minimum absolute atomic E-state index is 0.171. The minimum Gasteiger partial charge on any atom is -0.480 e. The number of nitrogens with one attached hydrogen (secondary N) is 1. The maximum atomic E-state index is 12.2. The number of rotatable bonds is 7. The van der Waals surface area contributed by atoms with Crippen molar-refractivity contribution in [3.8, 4) is 0 Å². The Morgan fingerprint density at radius 1 is 1.43 bits per heavy atom. The summed E-state index contributed by atoms with van der Waals surface area (Å²) in [5.74, 6) is -1.03. The van der Waals surface area contributed by atoms with E-state index in [2.05, 4.69) is 17.1 Å². The van der Waals surface area contributed by atoms with Crippen LogP contribution in [0.1, 0.15) is 26.2 Å². The molecule has 1 aliphatic heterocycles. The number of aliphatic carboxylic acids is 1. The first-order chi connectivity index (χ1) is 9.99. The molecule has 0 bridgehead atoms. The third-order valence-electron chi connectivity index (χ3n) is 4.08. The number of nitrogens with zero attached hydrogens (tertiary/aromatic N) is 2. The van der Waals surface area contributed by atoms with Crippen LogP contribution in [0.25, 0.3) is 0 Å². The summed E-state index contributed by atoms with van der Waals surface area (Å²) in [7, 11) is 3.24. The number of carboxylic acid groups (broad SMARTS) is 1. The van der Waals surface area contributed by atoms with Crippen molar-refractivity contribution in [3.63, 3.8) is 0 Å². The van der Waals surface area contributed by atoms with E-state index in [0.29, 0.717) is 6.61 Å². The molecule has 0 saturated carbocycles. The molecule has 0 spiro atoms. The minimum atomic E-state index is -1.03. The van der Waals surface area contributed by atoms with Crippen LogP contribution >= 0.6 is 0 Å². The molecule has 2 amide bonds. The van der Waals surface area contributed by atoms with Crippen molar-refractivity contribution < 1.29 is 19.4 Å². The summed E-state index contributed by atoms with van der Waals surface area (Å²) in [6.07, 6.45) is 2.11. The number of carbonyl (C=O) groups is 2. The molecule has 1 rings (SSSR count). The predicted octanol–water partition coefficient (Wildman–Crippen LogP) is 0.602. The number of carboxylic acids is 1. The molecular weight excluding hydrogens is 274 g/mol. The largest absolute Gasteiger partial charge is 0.480 e. The summed E-state index contributed by atoms with van der Waals surface area (Å²) < 4.78 is 4.87. The molecule has 122 valence electrons. The van der Waals surface area contributed by atoms with Crippen molar-refractivity contribution in [3.05, 3.63) is 0 Å². The Kier molecular flexibility index (Phi) is 7.45. The van der Waals surface area contributed by atoms with Gasteiger partial charge in [0.1, 0.15) is 6.04 Å². The van der Waals surface area contributed by atoms with Crippen molar-refractivity contribution in [1.82, 2.24) is 15.1 Å². The lowest BCUT2D eigenvalue weighted by molar-refractivity contribution is -0.139. The Bertz CT molecular complexity index is 343. The van der Waals surface area contributed by atoms with Gasteiger partial charge in [0.25, 0.3) is 0 Å². The number of methoxy groups -OCH3 is 1. The fourth-order valence-corrected chi connectivity index (χ4v) is 2.53. The van der Waals surface area contributed by atoms with Crippen LogP contribution in [-0.4, -0.2) is 79.4 Å². The first-order valence-electron chi connectivity index (χ1n) is 7.47. The smallest absolute Gasteiger partial charge is 0.326 e. The van der Waals surface area contributed by atoms with E-state index in [-0.39, 0.29) is 18.5 Å². The second-order valence-corrected chi connectivity index (χ2v) is 5.40. The highest BCUT2D eigenvalue weighted by molar-refractivity contribution is 5.82. The first-order valence-corrected chi connectivity index (χ1v) is 7.47. The number of amides is 2. The van der Waals surface area contributed by atoms with Gasteiger partial charge in [0.2, 0.25) is 0 Å². The molecule has 0 aliphatic carbocycles. The zero-order valence-corrected chi connectivity index (χ0v) is 13.2. The molecule has 1 aliphatic rings. The van der Waals surface area contributed by atoms with E-state index >= 15 is 0 Å². The van der Waals surface area contributed by atoms with E-state index in [4.69, 9.17) is 9.84 Å². The molecule has 1 saturated heterocycles. The Morgan fingerprint density at radius 2 is 2.05 bits per heavy atom. The van der Waals surface area contributed by atoms with Crippen molar-refractivity contribution in [2.45, 2.75) is 38.3 Å². The third kappa shape index (κ3) is 5.51. The lowest BCUT2D eigenvalue weighted by Gasteiger charge is -2.36. The van der Waals surface area contributed by atoms with E-state index < -0.39 is 12.0 Å². The van der Waals surface area contributed by atoms with Crippen LogP contribution in [0.3, 0.4) is 0 Å². The number of piperidine rings is 1. The SMILES string of the molecule is CCN1CCC(N(C)C(=O)NC(CCOC)C(=O)O)CC1. The summed E-state index contributed by atoms with van der Waals surface area (Å²) in [5.41, 5.74) is 0. The van der Waals surface area contributed by atoms with E-state index in [9.17, 15) is 9.59 Å². The Labute approximate surface area is 126 Å². The van der Waals surface area contributed by atoms with Gasteiger partial charge in [0, 0.05) is 46.3 Å². The number of ether oxygens (including phenoxy) is 1. The van der Waals surface area contributed by atoms with Crippen LogP contribution in [0.5, 0.6) is 0 Å². The molecule has 1 atom stereocenters. The lowest BCUT2D eigenvalue weighted by Crippen LogP contribution is -2.52. The summed E-state index contributed by atoms with van der Waals surface area (Å²) in [6.45, 7) is 5.41. The highest BCUT2D eigenvalue weighted by atomic mass is 16.5. The van der Waals surface area contributed by atoms with Gasteiger partial charge >= 0.3 is 12.0 Å². The molecule has 7 heteroatoms. The average molecular weight is 301 g/mol. The highest BCUT2D eigenvalue weighted by Gasteiger charge is 2.27. The molecule has 1 fully saturated rings. The van der Waals surface area contributed by atoms with Gasteiger partial charge in [-0.25, -0.2) is 9.59 Å². The first kappa shape index (κ1) is 17.7. The van der Waals surface area contributed by atoms with Crippen LogP contribution in [0, 0.1) is 0 Å². The summed E-state index contributed by atoms with van der Waals surface area (Å²) in [5, 5.41) is 11.7. The van der Waals surface area contributed by atoms with Gasteiger partial charge in [-0.3, -0.25) is 0 Å². The molecule has 1 heterocycles. The molecule has 2 N–H and O–H groups in total. The maximum absolute atomic E-state index is 12.2. The van der Waals surface area contributed by atoms with E-state index in [1.165, 1.54) is 7.11 Å². The molecule has 7 nitrogen and oxygen atoms in total. The monoisotopic (exact) mass is 301 g/mol. The molecule has 0 aromatic carbocycles. The zero-order chi connectivity index (χ0) is 15.8. The van der Waals surface area contributed by atoms with Crippen LogP contribution in [0.4, 0.5) is 4.79 Å². The molecular formula is C14H27N3O4. The van der Waals surface area contributed by atoms with Crippen molar-refractivity contribution in [1.29, 1.82) is 0 Å². The summed E-state index contributed by atoms with van der Waals surface area (Å²) in [4.78, 5) is 27.3. The fourth-order valence-electron chi connectivity index (χ4n) is 2.53. The Morgan fingerprint density at radius 3 is 2.52 bits per heavy atom. The topological polar surface area (TPSA) is 82.1 Å². The van der Waals surface area contributed by atoms with Gasteiger partial charge in [-0.05, 0) is 19.4 Å². The van der Waals surface area contributed by atoms with Gasteiger partial charge in [-0.15, -0.1) is 0 Å². The molecule has 0 radical (unpaired) electrons. The second-order valence-electron chi connectivity index (χ2n) is 5.40. The van der Waals surface area contributed by atoms with Crippen LogP contribution < -0.4 is 5.32 Å². The van der Waals surface area contributed by atoms with Crippen molar-refractivity contribution >= 4 is 12.0 Å². The number of likely N-dealkylation sites (tertiary alicyclic amines) is 1. The van der Waals surface area contributed by atoms with Gasteiger partial charge in [-0.1, -0.05) is 6.92 Å². The number of hydrogen-bond donors (Lipinski definition) is 2. The normalized spacial score (nSPS) is 18.2. The number of urea groups is 1. The van der Waals surface area contributed by atoms with Crippen molar-refractivity contribution in [2.75, 3.05) is 40.4 Å². The Hall–Kier alpha value is -1.34. The van der Waals surface area contributed by atoms with Crippen LogP contribution in [0.2, 0.25) is 0 Å². The summed E-state index contributed by atoms with van der Waals surface area (Å²) in [6, 6.07) is -1.06. The van der Waals surface area contributed by atoms with Gasteiger partial charge in [0.05, 0.1) is 0 Å². The fraction of sp³-hybridized carbons (Fsp3) is 0.857. The van der Waals surface area contributed by atoms with Gasteiger partial charge in [0.15, 0.2) is 0 Å². The van der Waals surface area contributed by atoms with E-state index in [0.717, 1.165) is 32.5 Å². The van der Waals surface area contributed by atoms with Crippen LogP contribution in [-0.2, 0) is 9.53 Å². The number of carbonyl (C=O) groups excluding carboxylic acids is 1.